The lowest BCUT2D eigenvalue weighted by Crippen LogP contribution is -2.39. The van der Waals surface area contributed by atoms with Gasteiger partial charge in [0.15, 0.2) is 0 Å². The zero-order chi connectivity index (χ0) is 12.9. The minimum absolute atomic E-state index is 0.752. The lowest BCUT2D eigenvalue weighted by atomic mass is 10.3. The molecule has 0 heterocycles. The van der Waals surface area contributed by atoms with Crippen molar-refractivity contribution in [3.8, 4) is 0 Å². The maximum absolute atomic E-state index is 5.54. The Hall–Kier alpha value is -0.160. The molecular weight excluding hydrogens is 212 g/mol. The number of nitrogens with two attached hydrogens (primary N) is 1. The van der Waals surface area contributed by atoms with E-state index in [0.29, 0.717) is 0 Å². The summed E-state index contributed by atoms with van der Waals surface area (Å²) < 4.78 is 0. The highest BCUT2D eigenvalue weighted by Crippen LogP contribution is 1.92. The third-order valence-corrected chi connectivity index (χ3v) is 2.88. The van der Waals surface area contributed by atoms with E-state index >= 15 is 0 Å². The molecule has 17 heavy (non-hydrogen) atoms. The fourth-order valence-electron chi connectivity index (χ4n) is 1.83. The Morgan fingerprint density at radius 3 is 2.24 bits per heavy atom. The summed E-state index contributed by atoms with van der Waals surface area (Å²) in [6.45, 7) is 13.1. The molecule has 3 N–H and O–H groups in total. The van der Waals surface area contributed by atoms with Crippen LogP contribution < -0.4 is 11.1 Å². The molecule has 0 amide bonds. The summed E-state index contributed by atoms with van der Waals surface area (Å²) >= 11 is 0. The summed E-state index contributed by atoms with van der Waals surface area (Å²) in [6.07, 6.45) is 2.45. The van der Waals surface area contributed by atoms with Gasteiger partial charge in [-0.3, -0.25) is 0 Å². The molecular formula is C13H32N4. The number of hydrogen-bond donors (Lipinski definition) is 2. The normalized spacial score (nSPS) is 11.6. The number of rotatable bonds is 12. The Bertz CT molecular complexity index is 152. The smallest absolute Gasteiger partial charge is 0.0110 e. The number of nitrogens with zero attached hydrogens (tertiary/aromatic N) is 2. The van der Waals surface area contributed by atoms with E-state index in [-0.39, 0.29) is 0 Å². The van der Waals surface area contributed by atoms with Crippen LogP contribution in [-0.2, 0) is 0 Å². The van der Waals surface area contributed by atoms with Crippen LogP contribution in [-0.4, -0.2) is 69.2 Å². The largest absolute Gasteiger partial charge is 0.329 e. The highest BCUT2D eigenvalue weighted by atomic mass is 15.2. The minimum Gasteiger partial charge on any atom is -0.329 e. The van der Waals surface area contributed by atoms with Crippen LogP contribution >= 0.6 is 0 Å². The molecule has 0 saturated heterocycles. The summed E-state index contributed by atoms with van der Waals surface area (Å²) in [4.78, 5) is 4.85. The van der Waals surface area contributed by atoms with Gasteiger partial charge in [-0.1, -0.05) is 13.8 Å². The fraction of sp³-hybridized carbons (Fsp3) is 1.00. The van der Waals surface area contributed by atoms with Crippen molar-refractivity contribution >= 4 is 0 Å². The molecule has 104 valence electrons. The molecule has 0 unspecified atom stereocenters. The van der Waals surface area contributed by atoms with Gasteiger partial charge in [0.1, 0.15) is 0 Å². The van der Waals surface area contributed by atoms with E-state index in [4.69, 9.17) is 5.73 Å². The Balaban J connectivity index is 3.65. The SMILES string of the molecule is CCCNCCN(CCC)CCN(C)CCN. The molecule has 0 aromatic rings. The molecule has 0 aromatic heterocycles. The highest BCUT2D eigenvalue weighted by Gasteiger charge is 2.04. The van der Waals surface area contributed by atoms with Crippen LogP contribution in [0.4, 0.5) is 0 Å². The number of likely N-dealkylation sites (N-methyl/N-ethyl adjacent to an activating group) is 1. The van der Waals surface area contributed by atoms with Crippen LogP contribution in [0.5, 0.6) is 0 Å². The van der Waals surface area contributed by atoms with Crippen molar-refractivity contribution in [2.75, 3.05) is 59.4 Å². The predicted molar refractivity (Wildman–Crippen MR) is 76.4 cm³/mol. The first-order valence-corrected chi connectivity index (χ1v) is 7.06. The average Bonchev–Trinajstić information content (AvgIpc) is 2.32. The average molecular weight is 244 g/mol. The molecule has 0 spiro atoms. The molecule has 0 fully saturated rings. The van der Waals surface area contributed by atoms with Crippen molar-refractivity contribution in [2.45, 2.75) is 26.7 Å². The molecule has 0 saturated carbocycles. The summed E-state index contributed by atoms with van der Waals surface area (Å²) in [7, 11) is 2.15. The topological polar surface area (TPSA) is 44.5 Å². The van der Waals surface area contributed by atoms with Crippen molar-refractivity contribution in [1.82, 2.24) is 15.1 Å². The molecule has 0 aliphatic carbocycles. The van der Waals surface area contributed by atoms with Gasteiger partial charge in [-0.2, -0.15) is 0 Å². The second-order valence-electron chi connectivity index (χ2n) is 4.68. The van der Waals surface area contributed by atoms with Crippen LogP contribution in [0.15, 0.2) is 0 Å². The van der Waals surface area contributed by atoms with Gasteiger partial charge in [-0.05, 0) is 33.0 Å². The third kappa shape index (κ3) is 10.7. The molecule has 4 heteroatoms. The molecule has 0 aromatic carbocycles. The van der Waals surface area contributed by atoms with Crippen molar-refractivity contribution < 1.29 is 0 Å². The monoisotopic (exact) mass is 244 g/mol. The third-order valence-electron chi connectivity index (χ3n) is 2.88. The molecule has 4 nitrogen and oxygen atoms in total. The standard InChI is InChI=1S/C13H32N4/c1-4-7-15-8-11-17(9-5-2)13-12-16(3)10-6-14/h15H,4-14H2,1-3H3. The van der Waals surface area contributed by atoms with E-state index in [0.717, 1.165) is 45.8 Å². The molecule has 0 aliphatic rings. The summed E-state index contributed by atoms with van der Waals surface area (Å²) in [5.41, 5.74) is 5.54. The van der Waals surface area contributed by atoms with Crippen molar-refractivity contribution in [1.29, 1.82) is 0 Å². The van der Waals surface area contributed by atoms with Gasteiger partial charge < -0.3 is 20.9 Å². The molecule has 0 rings (SSSR count). The minimum atomic E-state index is 0.752. The quantitative estimate of drug-likeness (QED) is 0.493. The fourth-order valence-corrected chi connectivity index (χ4v) is 1.83. The predicted octanol–water partition coefficient (Wildman–Crippen LogP) is 0.589. The van der Waals surface area contributed by atoms with Crippen LogP contribution in [0.25, 0.3) is 0 Å². The number of nitrogens with one attached hydrogen (secondary N) is 1. The van der Waals surface area contributed by atoms with Gasteiger partial charge in [0.05, 0.1) is 0 Å². The summed E-state index contributed by atoms with van der Waals surface area (Å²) in [6, 6.07) is 0. The lowest BCUT2D eigenvalue weighted by Gasteiger charge is -2.25. The summed E-state index contributed by atoms with van der Waals surface area (Å²) in [5.74, 6) is 0. The zero-order valence-electron chi connectivity index (χ0n) is 12.0. The zero-order valence-corrected chi connectivity index (χ0v) is 12.0. The van der Waals surface area contributed by atoms with Crippen molar-refractivity contribution in [3.05, 3.63) is 0 Å². The van der Waals surface area contributed by atoms with Gasteiger partial charge in [0.25, 0.3) is 0 Å². The Labute approximate surface area is 108 Å². The summed E-state index contributed by atoms with van der Waals surface area (Å²) in [5, 5.41) is 3.46. The van der Waals surface area contributed by atoms with Gasteiger partial charge >= 0.3 is 0 Å². The maximum atomic E-state index is 5.54. The molecule has 0 radical (unpaired) electrons. The first kappa shape index (κ1) is 16.8. The van der Waals surface area contributed by atoms with E-state index in [1.165, 1.54) is 19.4 Å². The Morgan fingerprint density at radius 2 is 1.65 bits per heavy atom. The molecule has 0 bridgehead atoms. The second-order valence-corrected chi connectivity index (χ2v) is 4.68. The van der Waals surface area contributed by atoms with Gasteiger partial charge in [0.2, 0.25) is 0 Å². The number of hydrogen-bond acceptors (Lipinski definition) is 4. The Kier molecular flexibility index (Phi) is 12.2. The molecule has 0 aliphatic heterocycles. The van der Waals surface area contributed by atoms with E-state index in [9.17, 15) is 0 Å². The van der Waals surface area contributed by atoms with Crippen molar-refractivity contribution in [2.24, 2.45) is 5.73 Å². The van der Waals surface area contributed by atoms with Crippen LogP contribution in [0.2, 0.25) is 0 Å². The van der Waals surface area contributed by atoms with E-state index in [2.05, 4.69) is 36.0 Å². The van der Waals surface area contributed by atoms with Gasteiger partial charge in [-0.15, -0.1) is 0 Å². The van der Waals surface area contributed by atoms with Crippen LogP contribution in [0.3, 0.4) is 0 Å². The van der Waals surface area contributed by atoms with Crippen molar-refractivity contribution in [3.63, 3.8) is 0 Å². The first-order chi connectivity index (χ1) is 8.24. The lowest BCUT2D eigenvalue weighted by molar-refractivity contribution is 0.227. The maximum Gasteiger partial charge on any atom is 0.0110 e. The van der Waals surface area contributed by atoms with Gasteiger partial charge in [0, 0.05) is 39.3 Å². The van der Waals surface area contributed by atoms with E-state index in [1.807, 2.05) is 0 Å². The Morgan fingerprint density at radius 1 is 0.882 bits per heavy atom. The molecule has 0 atom stereocenters. The van der Waals surface area contributed by atoms with Crippen LogP contribution in [0.1, 0.15) is 26.7 Å². The van der Waals surface area contributed by atoms with E-state index < -0.39 is 0 Å². The first-order valence-electron chi connectivity index (χ1n) is 7.06. The second kappa shape index (κ2) is 12.3. The van der Waals surface area contributed by atoms with E-state index in [1.54, 1.807) is 0 Å². The van der Waals surface area contributed by atoms with Crippen LogP contribution in [0, 0.1) is 0 Å². The highest BCUT2D eigenvalue weighted by molar-refractivity contribution is 4.62. The van der Waals surface area contributed by atoms with Gasteiger partial charge in [-0.25, -0.2) is 0 Å².